The number of fused-ring (bicyclic) bond motifs is 1. The van der Waals surface area contributed by atoms with E-state index in [1.165, 1.54) is 0 Å². The topological polar surface area (TPSA) is 26.3 Å². The van der Waals surface area contributed by atoms with Crippen molar-refractivity contribution in [3.05, 3.63) is 108 Å². The van der Waals surface area contributed by atoms with E-state index >= 15 is 0 Å². The molecule has 2 heteroatoms. The summed E-state index contributed by atoms with van der Waals surface area (Å²) in [6.07, 6.45) is 2.36. The van der Waals surface area contributed by atoms with Crippen molar-refractivity contribution in [3.63, 3.8) is 0 Å². The monoisotopic (exact) mass is 326 g/mol. The van der Waals surface area contributed by atoms with Crippen LogP contribution in [0.5, 0.6) is 5.75 Å². The maximum absolute atomic E-state index is 12.6. The number of benzene rings is 3. The largest absolute Gasteiger partial charge is 0.485 e. The normalized spacial score (nSPS) is 17.6. The Balaban J connectivity index is 1.73. The first kappa shape index (κ1) is 15.4. The minimum atomic E-state index is -0.0778. The van der Waals surface area contributed by atoms with Crippen LogP contribution in [-0.4, -0.2) is 5.78 Å². The predicted molar refractivity (Wildman–Crippen MR) is 99.6 cm³/mol. The molecule has 1 atom stereocenters. The molecule has 0 aromatic heterocycles. The van der Waals surface area contributed by atoms with Gasteiger partial charge in [-0.25, -0.2) is 0 Å². The van der Waals surface area contributed by atoms with E-state index in [4.69, 9.17) is 4.74 Å². The fourth-order valence-electron chi connectivity index (χ4n) is 3.17. The van der Waals surface area contributed by atoms with Gasteiger partial charge in [0.2, 0.25) is 0 Å². The van der Waals surface area contributed by atoms with Crippen LogP contribution in [-0.2, 0) is 0 Å². The summed E-state index contributed by atoms with van der Waals surface area (Å²) >= 11 is 0. The van der Waals surface area contributed by atoms with Crippen LogP contribution in [0.3, 0.4) is 0 Å². The van der Waals surface area contributed by atoms with Gasteiger partial charge in [0, 0.05) is 17.5 Å². The fourth-order valence-corrected chi connectivity index (χ4v) is 3.17. The van der Waals surface area contributed by atoms with Crippen LogP contribution < -0.4 is 4.74 Å². The Hall–Kier alpha value is -3.13. The summed E-state index contributed by atoms with van der Waals surface area (Å²) in [7, 11) is 0. The van der Waals surface area contributed by atoms with Gasteiger partial charge in [-0.05, 0) is 23.3 Å². The van der Waals surface area contributed by atoms with Gasteiger partial charge < -0.3 is 4.74 Å². The number of ketones is 1. The lowest BCUT2D eigenvalue weighted by Gasteiger charge is -2.28. The van der Waals surface area contributed by atoms with Crippen LogP contribution in [0.1, 0.15) is 34.0 Å². The van der Waals surface area contributed by atoms with Crippen molar-refractivity contribution >= 4 is 11.4 Å². The molecule has 25 heavy (non-hydrogen) atoms. The first-order valence-electron chi connectivity index (χ1n) is 8.42. The summed E-state index contributed by atoms with van der Waals surface area (Å²) in [5.41, 5.74) is 3.84. The molecule has 0 saturated heterocycles. The number of hydrogen-bond donors (Lipinski definition) is 0. The average Bonchev–Trinajstić information content (AvgIpc) is 2.69. The second kappa shape index (κ2) is 6.78. The van der Waals surface area contributed by atoms with Crippen LogP contribution in [0.4, 0.5) is 0 Å². The van der Waals surface area contributed by atoms with Crippen LogP contribution in [0, 0.1) is 0 Å². The molecule has 1 aliphatic heterocycles. The van der Waals surface area contributed by atoms with Gasteiger partial charge >= 0.3 is 0 Å². The second-order valence-corrected chi connectivity index (χ2v) is 6.12. The summed E-state index contributed by atoms with van der Waals surface area (Å²) in [4.78, 5) is 12.6. The van der Waals surface area contributed by atoms with Crippen molar-refractivity contribution in [2.75, 3.05) is 0 Å². The molecule has 0 bridgehead atoms. The van der Waals surface area contributed by atoms with E-state index in [1.54, 1.807) is 6.08 Å². The highest BCUT2D eigenvalue weighted by molar-refractivity contribution is 6.08. The molecule has 1 heterocycles. The van der Waals surface area contributed by atoms with E-state index in [2.05, 4.69) is 12.1 Å². The average molecular weight is 326 g/mol. The summed E-state index contributed by atoms with van der Waals surface area (Å²) in [5, 5.41) is 0. The Morgan fingerprint density at radius 2 is 1.48 bits per heavy atom. The van der Waals surface area contributed by atoms with Gasteiger partial charge in [0.25, 0.3) is 0 Å². The minimum absolute atomic E-state index is 0.0270. The lowest BCUT2D eigenvalue weighted by Crippen LogP contribution is -2.15. The third-order valence-corrected chi connectivity index (χ3v) is 4.44. The lowest BCUT2D eigenvalue weighted by atomic mass is 9.91. The highest BCUT2D eigenvalue weighted by Gasteiger charge is 2.25. The molecule has 0 radical (unpaired) electrons. The summed E-state index contributed by atoms with van der Waals surface area (Å²) in [6, 6.07) is 27.4. The number of allylic oxidation sites excluding steroid dienone is 1. The SMILES string of the molecule is O=C(C=C1CC(c2ccccc2)Oc2ccccc21)c1ccccc1. The van der Waals surface area contributed by atoms with Crippen LogP contribution in [0.25, 0.3) is 5.57 Å². The maximum atomic E-state index is 12.6. The number of ether oxygens (including phenoxy) is 1. The van der Waals surface area contributed by atoms with Crippen molar-refractivity contribution < 1.29 is 9.53 Å². The first-order chi connectivity index (χ1) is 12.3. The number of para-hydroxylation sites is 1. The molecule has 0 saturated carbocycles. The van der Waals surface area contributed by atoms with E-state index in [-0.39, 0.29) is 11.9 Å². The maximum Gasteiger partial charge on any atom is 0.186 e. The molecule has 1 aliphatic rings. The van der Waals surface area contributed by atoms with Gasteiger partial charge in [-0.1, -0.05) is 78.9 Å². The van der Waals surface area contributed by atoms with Crippen molar-refractivity contribution in [3.8, 4) is 5.75 Å². The number of carbonyl (C=O) groups excluding carboxylic acids is 1. The summed E-state index contributed by atoms with van der Waals surface area (Å²) in [5.74, 6) is 0.855. The minimum Gasteiger partial charge on any atom is -0.485 e. The van der Waals surface area contributed by atoms with Crippen LogP contribution in [0.2, 0.25) is 0 Å². The Morgan fingerprint density at radius 1 is 0.840 bits per heavy atom. The molecule has 0 spiro atoms. The zero-order chi connectivity index (χ0) is 17.1. The van der Waals surface area contributed by atoms with Crippen molar-refractivity contribution in [1.82, 2.24) is 0 Å². The molecular formula is C23H18O2. The smallest absolute Gasteiger partial charge is 0.186 e. The molecule has 3 aromatic rings. The zero-order valence-electron chi connectivity index (χ0n) is 13.8. The second-order valence-electron chi connectivity index (χ2n) is 6.12. The standard InChI is InChI=1S/C23H18O2/c24-21(17-9-3-1-4-10-17)15-19-16-23(18-11-5-2-6-12-18)25-22-14-8-7-13-20(19)22/h1-15,23H,16H2. The van der Waals surface area contributed by atoms with Crippen molar-refractivity contribution in [2.24, 2.45) is 0 Å². The molecule has 1 unspecified atom stereocenters. The Kier molecular flexibility index (Phi) is 4.17. The third-order valence-electron chi connectivity index (χ3n) is 4.44. The van der Waals surface area contributed by atoms with Gasteiger partial charge in [-0.3, -0.25) is 4.79 Å². The highest BCUT2D eigenvalue weighted by atomic mass is 16.5. The summed E-state index contributed by atoms with van der Waals surface area (Å²) < 4.78 is 6.18. The van der Waals surface area contributed by atoms with Gasteiger partial charge in [-0.2, -0.15) is 0 Å². The van der Waals surface area contributed by atoms with Gasteiger partial charge in [0.15, 0.2) is 5.78 Å². The number of hydrogen-bond acceptors (Lipinski definition) is 2. The molecule has 0 fully saturated rings. The Labute approximate surface area is 147 Å². The molecule has 0 N–H and O–H groups in total. The molecule has 0 aliphatic carbocycles. The third kappa shape index (κ3) is 3.24. The number of carbonyl (C=O) groups is 1. The molecular weight excluding hydrogens is 308 g/mol. The molecule has 0 amide bonds. The zero-order valence-corrected chi connectivity index (χ0v) is 13.8. The molecule has 3 aromatic carbocycles. The van der Waals surface area contributed by atoms with E-state index < -0.39 is 0 Å². The first-order valence-corrected chi connectivity index (χ1v) is 8.42. The van der Waals surface area contributed by atoms with E-state index in [0.717, 1.165) is 22.4 Å². The van der Waals surface area contributed by atoms with E-state index in [9.17, 15) is 4.79 Å². The van der Waals surface area contributed by atoms with E-state index in [0.29, 0.717) is 12.0 Å². The number of rotatable bonds is 3. The van der Waals surface area contributed by atoms with E-state index in [1.807, 2.05) is 72.8 Å². The van der Waals surface area contributed by atoms with Crippen LogP contribution in [0.15, 0.2) is 91.0 Å². The molecule has 4 rings (SSSR count). The lowest BCUT2D eigenvalue weighted by molar-refractivity contribution is 0.104. The van der Waals surface area contributed by atoms with Gasteiger partial charge in [-0.15, -0.1) is 0 Å². The quantitative estimate of drug-likeness (QED) is 0.471. The van der Waals surface area contributed by atoms with Gasteiger partial charge in [0.1, 0.15) is 11.9 Å². The summed E-state index contributed by atoms with van der Waals surface area (Å²) in [6.45, 7) is 0. The van der Waals surface area contributed by atoms with Crippen LogP contribution >= 0.6 is 0 Å². The van der Waals surface area contributed by atoms with Crippen molar-refractivity contribution in [1.29, 1.82) is 0 Å². The molecule has 2 nitrogen and oxygen atoms in total. The Bertz CT molecular complexity index is 911. The van der Waals surface area contributed by atoms with Crippen molar-refractivity contribution in [2.45, 2.75) is 12.5 Å². The van der Waals surface area contributed by atoms with Gasteiger partial charge in [0.05, 0.1) is 0 Å². The molecule has 122 valence electrons. The Morgan fingerprint density at radius 3 is 2.24 bits per heavy atom. The highest BCUT2D eigenvalue weighted by Crippen LogP contribution is 2.41. The predicted octanol–water partition coefficient (Wildman–Crippen LogP) is 5.48. The fraction of sp³-hybridized carbons (Fsp3) is 0.0870.